The Hall–Kier alpha value is -1.67. The summed E-state index contributed by atoms with van der Waals surface area (Å²) in [5.74, 6) is 1.80. The summed E-state index contributed by atoms with van der Waals surface area (Å²) < 4.78 is 36.9. The molecule has 8 heteroatoms. The smallest absolute Gasteiger partial charge is 0.283 e. The zero-order chi connectivity index (χ0) is 16.3. The van der Waals surface area contributed by atoms with Gasteiger partial charge in [-0.2, -0.15) is 0 Å². The van der Waals surface area contributed by atoms with Crippen molar-refractivity contribution in [1.82, 2.24) is 14.5 Å². The number of nitrogens with zero attached hydrogens (tertiary/aromatic N) is 3. The van der Waals surface area contributed by atoms with E-state index in [9.17, 15) is 8.42 Å². The maximum Gasteiger partial charge on any atom is 0.283 e. The first-order valence-electron chi connectivity index (χ1n) is 7.95. The molecular weight excluding hydrogens is 318 g/mol. The molecule has 3 heterocycles. The van der Waals surface area contributed by atoms with Gasteiger partial charge in [-0.15, -0.1) is 10.2 Å². The highest BCUT2D eigenvalue weighted by Crippen LogP contribution is 2.30. The SMILES string of the molecule is CCCCS(=O)(=O)N1CCC(c2nnc(-c3ccco3)o2)CC1. The van der Waals surface area contributed by atoms with Crippen molar-refractivity contribution in [1.29, 1.82) is 0 Å². The lowest BCUT2D eigenvalue weighted by Crippen LogP contribution is -2.39. The van der Waals surface area contributed by atoms with Crippen LogP contribution in [0.2, 0.25) is 0 Å². The van der Waals surface area contributed by atoms with Gasteiger partial charge in [-0.05, 0) is 31.4 Å². The second-order valence-corrected chi connectivity index (χ2v) is 7.85. The third-order valence-electron chi connectivity index (χ3n) is 4.12. The lowest BCUT2D eigenvalue weighted by Gasteiger charge is -2.29. The van der Waals surface area contributed by atoms with Gasteiger partial charge in [-0.1, -0.05) is 13.3 Å². The predicted octanol–water partition coefficient (Wildman–Crippen LogP) is 2.64. The molecule has 126 valence electrons. The Bertz CT molecular complexity index is 716. The summed E-state index contributed by atoms with van der Waals surface area (Å²) in [5, 5.41) is 8.09. The van der Waals surface area contributed by atoms with E-state index in [0.29, 0.717) is 49.9 Å². The lowest BCUT2D eigenvalue weighted by molar-refractivity contribution is 0.290. The molecule has 2 aromatic rings. The molecule has 0 spiro atoms. The summed E-state index contributed by atoms with van der Waals surface area (Å²) in [6.45, 7) is 3.01. The third kappa shape index (κ3) is 3.64. The summed E-state index contributed by atoms with van der Waals surface area (Å²) in [6, 6.07) is 3.53. The van der Waals surface area contributed by atoms with Gasteiger partial charge in [0.2, 0.25) is 15.9 Å². The number of hydrogen-bond acceptors (Lipinski definition) is 6. The van der Waals surface area contributed by atoms with Crippen LogP contribution in [0.5, 0.6) is 0 Å². The zero-order valence-electron chi connectivity index (χ0n) is 13.1. The Kier molecular flexibility index (Phi) is 4.82. The van der Waals surface area contributed by atoms with Gasteiger partial charge in [0.05, 0.1) is 12.0 Å². The topological polar surface area (TPSA) is 89.4 Å². The largest absolute Gasteiger partial charge is 0.459 e. The second kappa shape index (κ2) is 6.84. The van der Waals surface area contributed by atoms with Crippen LogP contribution in [0.3, 0.4) is 0 Å². The lowest BCUT2D eigenvalue weighted by atomic mass is 9.98. The van der Waals surface area contributed by atoms with E-state index in [-0.39, 0.29) is 11.7 Å². The number of unbranched alkanes of at least 4 members (excludes halogenated alkanes) is 1. The predicted molar refractivity (Wildman–Crippen MR) is 84.2 cm³/mol. The highest BCUT2D eigenvalue weighted by Gasteiger charge is 2.30. The average molecular weight is 339 g/mol. The first-order chi connectivity index (χ1) is 11.1. The molecule has 23 heavy (non-hydrogen) atoms. The van der Waals surface area contributed by atoms with Gasteiger partial charge in [-0.3, -0.25) is 0 Å². The minimum Gasteiger partial charge on any atom is -0.459 e. The number of hydrogen-bond donors (Lipinski definition) is 0. The van der Waals surface area contributed by atoms with Crippen LogP contribution >= 0.6 is 0 Å². The minimum absolute atomic E-state index is 0.101. The molecule has 0 bridgehead atoms. The van der Waals surface area contributed by atoms with Gasteiger partial charge >= 0.3 is 0 Å². The van der Waals surface area contributed by atoms with Crippen molar-refractivity contribution in [3.8, 4) is 11.7 Å². The van der Waals surface area contributed by atoms with Crippen molar-refractivity contribution in [3.05, 3.63) is 24.3 Å². The zero-order valence-corrected chi connectivity index (χ0v) is 14.0. The van der Waals surface area contributed by atoms with E-state index >= 15 is 0 Å². The molecule has 7 nitrogen and oxygen atoms in total. The standard InChI is InChI=1S/C15H21N3O4S/c1-2-3-11-23(19,20)18-8-6-12(7-9-18)14-16-17-15(22-14)13-5-4-10-21-13/h4-5,10,12H,2-3,6-9,11H2,1H3. The summed E-state index contributed by atoms with van der Waals surface area (Å²) in [5.41, 5.74) is 0. The summed E-state index contributed by atoms with van der Waals surface area (Å²) in [6.07, 6.45) is 4.54. The van der Waals surface area contributed by atoms with Crippen LogP contribution in [0, 0.1) is 0 Å². The Morgan fingerprint density at radius 2 is 2.09 bits per heavy atom. The van der Waals surface area contributed by atoms with Gasteiger partial charge in [0.25, 0.3) is 5.89 Å². The fraction of sp³-hybridized carbons (Fsp3) is 0.600. The number of sulfonamides is 1. The summed E-state index contributed by atoms with van der Waals surface area (Å²) in [7, 11) is -3.13. The number of aromatic nitrogens is 2. The Morgan fingerprint density at radius 1 is 1.30 bits per heavy atom. The van der Waals surface area contributed by atoms with Gasteiger partial charge in [0.15, 0.2) is 5.76 Å². The van der Waals surface area contributed by atoms with Gasteiger partial charge in [-0.25, -0.2) is 12.7 Å². The van der Waals surface area contributed by atoms with E-state index in [2.05, 4.69) is 10.2 Å². The van der Waals surface area contributed by atoms with Crippen molar-refractivity contribution < 1.29 is 17.3 Å². The van der Waals surface area contributed by atoms with Gasteiger partial charge in [0.1, 0.15) is 0 Å². The average Bonchev–Trinajstić information content (AvgIpc) is 3.24. The van der Waals surface area contributed by atoms with Crippen LogP contribution in [0.15, 0.2) is 27.2 Å². The van der Waals surface area contributed by atoms with E-state index in [1.54, 1.807) is 22.7 Å². The number of piperidine rings is 1. The summed E-state index contributed by atoms with van der Waals surface area (Å²) >= 11 is 0. The molecule has 1 saturated heterocycles. The molecule has 3 rings (SSSR count). The van der Waals surface area contributed by atoms with E-state index in [1.807, 2.05) is 6.92 Å². The van der Waals surface area contributed by atoms with E-state index in [0.717, 1.165) is 6.42 Å². The van der Waals surface area contributed by atoms with Crippen LogP contribution < -0.4 is 0 Å². The Balaban J connectivity index is 1.61. The highest BCUT2D eigenvalue weighted by molar-refractivity contribution is 7.89. The van der Waals surface area contributed by atoms with Crippen LogP contribution in [0.4, 0.5) is 0 Å². The maximum absolute atomic E-state index is 12.2. The van der Waals surface area contributed by atoms with Crippen LogP contribution in [0.25, 0.3) is 11.7 Å². The van der Waals surface area contributed by atoms with E-state index < -0.39 is 10.0 Å². The molecule has 1 aliphatic rings. The van der Waals surface area contributed by atoms with Crippen LogP contribution in [0.1, 0.15) is 44.4 Å². The second-order valence-electron chi connectivity index (χ2n) is 5.77. The quantitative estimate of drug-likeness (QED) is 0.804. The van der Waals surface area contributed by atoms with Crippen molar-refractivity contribution in [2.24, 2.45) is 0 Å². The maximum atomic E-state index is 12.2. The molecular formula is C15H21N3O4S. The van der Waals surface area contributed by atoms with Crippen LogP contribution in [-0.2, 0) is 10.0 Å². The molecule has 1 fully saturated rings. The Morgan fingerprint density at radius 3 is 2.74 bits per heavy atom. The van der Waals surface area contributed by atoms with Crippen molar-refractivity contribution >= 4 is 10.0 Å². The molecule has 0 atom stereocenters. The molecule has 0 saturated carbocycles. The van der Waals surface area contributed by atoms with Crippen molar-refractivity contribution in [2.75, 3.05) is 18.8 Å². The first-order valence-corrected chi connectivity index (χ1v) is 9.56. The normalized spacial score (nSPS) is 17.6. The fourth-order valence-corrected chi connectivity index (χ4v) is 4.41. The minimum atomic E-state index is -3.13. The van der Waals surface area contributed by atoms with Crippen molar-refractivity contribution in [3.63, 3.8) is 0 Å². The molecule has 0 amide bonds. The van der Waals surface area contributed by atoms with Gasteiger partial charge in [0, 0.05) is 19.0 Å². The van der Waals surface area contributed by atoms with Gasteiger partial charge < -0.3 is 8.83 Å². The van der Waals surface area contributed by atoms with Crippen LogP contribution in [-0.4, -0.2) is 41.8 Å². The molecule has 2 aromatic heterocycles. The highest BCUT2D eigenvalue weighted by atomic mass is 32.2. The summed E-state index contributed by atoms with van der Waals surface area (Å²) in [4.78, 5) is 0. The molecule has 1 aliphatic heterocycles. The molecule has 0 unspecified atom stereocenters. The molecule has 0 aromatic carbocycles. The fourth-order valence-electron chi connectivity index (χ4n) is 2.74. The van der Waals surface area contributed by atoms with E-state index in [4.69, 9.17) is 8.83 Å². The van der Waals surface area contributed by atoms with Crippen molar-refractivity contribution in [2.45, 2.75) is 38.5 Å². The molecule has 0 aliphatic carbocycles. The third-order valence-corrected chi connectivity index (χ3v) is 6.08. The number of rotatable bonds is 6. The molecule has 0 radical (unpaired) electrons. The number of furan rings is 1. The first kappa shape index (κ1) is 16.2. The van der Waals surface area contributed by atoms with E-state index in [1.165, 1.54) is 0 Å². The molecule has 0 N–H and O–H groups in total. The monoisotopic (exact) mass is 339 g/mol. The Labute approximate surface area is 135 Å².